The average molecular weight is 280 g/mol. The Kier molecular flexibility index (Phi) is 4.89. The fraction of sp³-hybridized carbons (Fsp3) is 0.188. The van der Waals surface area contributed by atoms with Crippen molar-refractivity contribution in [1.29, 1.82) is 5.26 Å². The van der Waals surface area contributed by atoms with Crippen LogP contribution in [-0.4, -0.2) is 17.4 Å². The number of hydrogen-bond donors (Lipinski definition) is 2. The third-order valence-corrected chi connectivity index (χ3v) is 2.89. The van der Waals surface area contributed by atoms with Crippen LogP contribution in [0, 0.1) is 11.3 Å². The summed E-state index contributed by atoms with van der Waals surface area (Å²) in [6, 6.07) is 12.7. The number of nitrogens with zero attached hydrogens (tertiary/aromatic N) is 2. The van der Waals surface area contributed by atoms with E-state index in [1.807, 2.05) is 19.1 Å². The SMILES string of the molecule is CCNc1ccc(C(=O)NCc2cccc(C#N)c2)nc1. The maximum atomic E-state index is 12.0. The van der Waals surface area contributed by atoms with Crippen LogP contribution < -0.4 is 10.6 Å². The molecule has 1 amide bonds. The number of anilines is 1. The lowest BCUT2D eigenvalue weighted by molar-refractivity contribution is 0.0946. The molecule has 0 atom stereocenters. The molecule has 0 unspecified atom stereocenters. The zero-order valence-corrected chi connectivity index (χ0v) is 11.8. The third-order valence-electron chi connectivity index (χ3n) is 2.89. The Balaban J connectivity index is 1.96. The van der Waals surface area contributed by atoms with Crippen LogP contribution in [0.5, 0.6) is 0 Å². The molecule has 1 heterocycles. The van der Waals surface area contributed by atoms with Crippen molar-refractivity contribution < 1.29 is 4.79 Å². The van der Waals surface area contributed by atoms with Gasteiger partial charge in [-0.05, 0) is 36.8 Å². The number of amides is 1. The Bertz CT molecular complexity index is 659. The van der Waals surface area contributed by atoms with Gasteiger partial charge in [0.25, 0.3) is 5.91 Å². The standard InChI is InChI=1S/C16H16N4O/c1-2-18-14-6-7-15(19-11-14)16(21)20-10-13-5-3-4-12(8-13)9-17/h3-8,11,18H,2,10H2,1H3,(H,20,21). The number of rotatable bonds is 5. The predicted octanol–water partition coefficient (Wildman–Crippen LogP) is 2.32. The summed E-state index contributed by atoms with van der Waals surface area (Å²) in [5, 5.41) is 14.7. The number of benzene rings is 1. The number of nitrogens with one attached hydrogen (secondary N) is 2. The summed E-state index contributed by atoms with van der Waals surface area (Å²) in [7, 11) is 0. The molecule has 0 bridgehead atoms. The van der Waals surface area contributed by atoms with Crippen LogP contribution in [0.2, 0.25) is 0 Å². The normalized spacial score (nSPS) is 9.71. The summed E-state index contributed by atoms with van der Waals surface area (Å²) in [5.74, 6) is -0.236. The molecule has 21 heavy (non-hydrogen) atoms. The molecule has 0 saturated heterocycles. The van der Waals surface area contributed by atoms with Gasteiger partial charge in [0, 0.05) is 13.1 Å². The molecule has 1 aromatic heterocycles. The molecule has 0 spiro atoms. The minimum atomic E-state index is -0.236. The van der Waals surface area contributed by atoms with Gasteiger partial charge in [-0.1, -0.05) is 12.1 Å². The second-order valence-electron chi connectivity index (χ2n) is 4.46. The lowest BCUT2D eigenvalue weighted by atomic mass is 10.1. The summed E-state index contributed by atoms with van der Waals surface area (Å²) < 4.78 is 0. The minimum absolute atomic E-state index is 0.236. The largest absolute Gasteiger partial charge is 0.384 e. The first-order valence-corrected chi connectivity index (χ1v) is 6.70. The molecule has 5 nitrogen and oxygen atoms in total. The van der Waals surface area contributed by atoms with Crippen molar-refractivity contribution in [1.82, 2.24) is 10.3 Å². The zero-order chi connectivity index (χ0) is 15.1. The smallest absolute Gasteiger partial charge is 0.270 e. The molecule has 1 aromatic carbocycles. The summed E-state index contributed by atoms with van der Waals surface area (Å²) in [6.45, 7) is 3.17. The van der Waals surface area contributed by atoms with E-state index in [1.54, 1.807) is 30.5 Å². The maximum Gasteiger partial charge on any atom is 0.270 e. The monoisotopic (exact) mass is 280 g/mol. The molecule has 106 valence electrons. The van der Waals surface area contributed by atoms with Crippen LogP contribution in [0.15, 0.2) is 42.6 Å². The van der Waals surface area contributed by atoms with E-state index in [2.05, 4.69) is 21.7 Å². The predicted molar refractivity (Wildman–Crippen MR) is 80.7 cm³/mol. The van der Waals surface area contributed by atoms with E-state index < -0.39 is 0 Å². The Morgan fingerprint density at radius 1 is 1.33 bits per heavy atom. The molecule has 5 heteroatoms. The van der Waals surface area contributed by atoms with Crippen LogP contribution in [0.25, 0.3) is 0 Å². The Labute approximate surface area is 123 Å². The van der Waals surface area contributed by atoms with Crippen molar-refractivity contribution >= 4 is 11.6 Å². The van der Waals surface area contributed by atoms with Crippen LogP contribution >= 0.6 is 0 Å². The highest BCUT2D eigenvalue weighted by molar-refractivity contribution is 5.92. The van der Waals surface area contributed by atoms with Gasteiger partial charge >= 0.3 is 0 Å². The molecule has 0 saturated carbocycles. The second-order valence-corrected chi connectivity index (χ2v) is 4.46. The van der Waals surface area contributed by atoms with E-state index in [-0.39, 0.29) is 5.91 Å². The van der Waals surface area contributed by atoms with Gasteiger partial charge in [0.2, 0.25) is 0 Å². The topological polar surface area (TPSA) is 77.8 Å². The molecule has 0 aliphatic heterocycles. The summed E-state index contributed by atoms with van der Waals surface area (Å²) in [5.41, 5.74) is 2.71. The quantitative estimate of drug-likeness (QED) is 0.881. The van der Waals surface area contributed by atoms with E-state index in [0.29, 0.717) is 17.8 Å². The average Bonchev–Trinajstić information content (AvgIpc) is 2.54. The van der Waals surface area contributed by atoms with Crippen LogP contribution in [0.4, 0.5) is 5.69 Å². The fourth-order valence-electron chi connectivity index (χ4n) is 1.86. The lowest BCUT2D eigenvalue weighted by Gasteiger charge is -2.06. The summed E-state index contributed by atoms with van der Waals surface area (Å²) in [6.07, 6.45) is 1.63. The maximum absolute atomic E-state index is 12.0. The molecule has 0 radical (unpaired) electrons. The summed E-state index contributed by atoms with van der Waals surface area (Å²) in [4.78, 5) is 16.1. The van der Waals surface area contributed by atoms with Crippen molar-refractivity contribution in [2.45, 2.75) is 13.5 Å². The summed E-state index contributed by atoms with van der Waals surface area (Å²) >= 11 is 0. The minimum Gasteiger partial charge on any atom is -0.384 e. The molecular weight excluding hydrogens is 264 g/mol. The molecule has 0 fully saturated rings. The van der Waals surface area contributed by atoms with Gasteiger partial charge in [-0.3, -0.25) is 4.79 Å². The highest BCUT2D eigenvalue weighted by Gasteiger charge is 2.06. The lowest BCUT2D eigenvalue weighted by Crippen LogP contribution is -2.23. The Morgan fingerprint density at radius 3 is 2.86 bits per heavy atom. The van der Waals surface area contributed by atoms with Gasteiger partial charge in [0.1, 0.15) is 5.69 Å². The molecule has 0 aliphatic carbocycles. The highest BCUT2D eigenvalue weighted by atomic mass is 16.1. The second kappa shape index (κ2) is 7.06. The van der Waals surface area contributed by atoms with Crippen molar-refractivity contribution in [3.05, 3.63) is 59.4 Å². The molecule has 0 aliphatic rings. The molecule has 2 aromatic rings. The molecular formula is C16H16N4O. The number of hydrogen-bond acceptors (Lipinski definition) is 4. The van der Waals surface area contributed by atoms with E-state index in [1.165, 1.54) is 0 Å². The van der Waals surface area contributed by atoms with Crippen LogP contribution in [0.1, 0.15) is 28.5 Å². The number of carbonyl (C=O) groups is 1. The van der Waals surface area contributed by atoms with E-state index >= 15 is 0 Å². The van der Waals surface area contributed by atoms with Gasteiger partial charge in [-0.2, -0.15) is 5.26 Å². The van der Waals surface area contributed by atoms with Crippen molar-refractivity contribution in [2.75, 3.05) is 11.9 Å². The third kappa shape index (κ3) is 4.05. The van der Waals surface area contributed by atoms with E-state index in [4.69, 9.17) is 5.26 Å². The number of carbonyl (C=O) groups excluding carboxylic acids is 1. The van der Waals surface area contributed by atoms with Crippen LogP contribution in [-0.2, 0) is 6.54 Å². The van der Waals surface area contributed by atoms with Crippen molar-refractivity contribution in [3.8, 4) is 6.07 Å². The molecule has 2 N–H and O–H groups in total. The van der Waals surface area contributed by atoms with Gasteiger partial charge in [-0.15, -0.1) is 0 Å². The van der Waals surface area contributed by atoms with Crippen molar-refractivity contribution in [2.24, 2.45) is 0 Å². The zero-order valence-electron chi connectivity index (χ0n) is 11.8. The van der Waals surface area contributed by atoms with Gasteiger partial charge in [0.15, 0.2) is 0 Å². The Morgan fingerprint density at radius 2 is 2.19 bits per heavy atom. The first kappa shape index (κ1) is 14.5. The Hall–Kier alpha value is -2.87. The van der Waals surface area contributed by atoms with E-state index in [0.717, 1.165) is 17.8 Å². The fourth-order valence-corrected chi connectivity index (χ4v) is 1.86. The first-order chi connectivity index (χ1) is 10.2. The highest BCUT2D eigenvalue weighted by Crippen LogP contribution is 2.07. The number of pyridine rings is 1. The van der Waals surface area contributed by atoms with E-state index in [9.17, 15) is 4.79 Å². The van der Waals surface area contributed by atoms with Crippen LogP contribution in [0.3, 0.4) is 0 Å². The van der Waals surface area contributed by atoms with Crippen molar-refractivity contribution in [3.63, 3.8) is 0 Å². The molecule has 2 rings (SSSR count). The first-order valence-electron chi connectivity index (χ1n) is 6.70. The van der Waals surface area contributed by atoms with Gasteiger partial charge in [0.05, 0.1) is 23.5 Å². The van der Waals surface area contributed by atoms with Gasteiger partial charge in [-0.25, -0.2) is 4.98 Å². The van der Waals surface area contributed by atoms with Gasteiger partial charge < -0.3 is 10.6 Å². The number of nitriles is 1. The number of aromatic nitrogens is 1.